The molecular weight excluding hydrogens is 320 g/mol. The Labute approximate surface area is 138 Å². The molecule has 0 bridgehead atoms. The first kappa shape index (κ1) is 19.6. The van der Waals surface area contributed by atoms with Gasteiger partial charge in [-0.25, -0.2) is 9.59 Å². The number of nitrogens with one attached hydrogen (secondary N) is 2. The molecule has 134 valence electrons. The monoisotopic (exact) mass is 342 g/mol. The van der Waals surface area contributed by atoms with Gasteiger partial charge < -0.3 is 31.1 Å². The molecule has 6 N–H and O–H groups in total. The molecule has 1 aromatic carbocycles. The number of hydrogen-bond acceptors (Lipinski definition) is 6. The summed E-state index contributed by atoms with van der Waals surface area (Å²) in [6.07, 6.45) is 0. The molecule has 0 aliphatic rings. The third kappa shape index (κ3) is 6.01. The van der Waals surface area contributed by atoms with Crippen molar-refractivity contribution in [2.45, 2.75) is 13.1 Å². The highest BCUT2D eigenvalue weighted by Gasteiger charge is 2.11. The number of hydrogen-bond donors (Lipinski definition) is 6. The second kappa shape index (κ2) is 10.4. The van der Waals surface area contributed by atoms with E-state index in [1.807, 2.05) is 0 Å². The van der Waals surface area contributed by atoms with Crippen molar-refractivity contribution in [1.29, 1.82) is 0 Å². The van der Waals surface area contributed by atoms with Crippen LogP contribution in [0, 0.1) is 0 Å². The molecule has 0 radical (unpaired) electrons. The van der Waals surface area contributed by atoms with Gasteiger partial charge in [0.25, 0.3) is 0 Å². The van der Waals surface area contributed by atoms with Gasteiger partial charge in [0, 0.05) is 13.1 Å². The van der Waals surface area contributed by atoms with Crippen molar-refractivity contribution < 1.29 is 30.0 Å². The van der Waals surface area contributed by atoms with Gasteiger partial charge in [-0.2, -0.15) is 0 Å². The van der Waals surface area contributed by atoms with Crippen molar-refractivity contribution in [3.8, 4) is 0 Å². The van der Waals surface area contributed by atoms with Gasteiger partial charge in [-0.3, -0.25) is 9.80 Å². The Kier molecular flexibility index (Phi) is 8.50. The lowest BCUT2D eigenvalue weighted by Crippen LogP contribution is -2.41. The lowest BCUT2D eigenvalue weighted by atomic mass is 10.1. The standard InChI is InChI=1S/C14H22N4O6/c19-7-17(8-20)13(23)15-5-11-2-1-3-12(4-11)6-16-14(24)18(9-21)10-22/h1-4,19-22H,5-10H2,(H,15,23)(H,16,24). The van der Waals surface area contributed by atoms with Crippen LogP contribution in [0.2, 0.25) is 0 Å². The van der Waals surface area contributed by atoms with E-state index in [1.165, 1.54) is 0 Å². The van der Waals surface area contributed by atoms with Crippen LogP contribution in [-0.4, -0.2) is 69.2 Å². The SMILES string of the molecule is O=C(NCc1cccc(CNC(=O)N(CO)CO)c1)N(CO)CO. The van der Waals surface area contributed by atoms with Crippen molar-refractivity contribution in [2.75, 3.05) is 26.9 Å². The zero-order valence-corrected chi connectivity index (χ0v) is 13.1. The summed E-state index contributed by atoms with van der Waals surface area (Å²) in [6, 6.07) is 5.81. The molecule has 0 atom stereocenters. The highest BCUT2D eigenvalue weighted by molar-refractivity contribution is 5.74. The number of aliphatic hydroxyl groups is 4. The van der Waals surface area contributed by atoms with Gasteiger partial charge in [0.2, 0.25) is 0 Å². The maximum Gasteiger partial charge on any atom is 0.321 e. The maximum atomic E-state index is 11.6. The van der Waals surface area contributed by atoms with Crippen LogP contribution in [0.25, 0.3) is 0 Å². The van der Waals surface area contributed by atoms with Crippen LogP contribution < -0.4 is 10.6 Å². The Morgan fingerprint density at radius 2 is 1.17 bits per heavy atom. The van der Waals surface area contributed by atoms with E-state index in [9.17, 15) is 9.59 Å². The summed E-state index contributed by atoms with van der Waals surface area (Å²) in [5, 5.41) is 40.6. The molecule has 10 heteroatoms. The van der Waals surface area contributed by atoms with Crippen molar-refractivity contribution in [3.05, 3.63) is 35.4 Å². The zero-order chi connectivity index (χ0) is 17.9. The second-order valence-corrected chi connectivity index (χ2v) is 4.78. The minimum atomic E-state index is -0.611. The summed E-state index contributed by atoms with van der Waals surface area (Å²) in [4.78, 5) is 24.8. The summed E-state index contributed by atoms with van der Waals surface area (Å²) < 4.78 is 0. The fourth-order valence-corrected chi connectivity index (χ4v) is 1.77. The Morgan fingerprint density at radius 1 is 0.792 bits per heavy atom. The average molecular weight is 342 g/mol. The van der Waals surface area contributed by atoms with Crippen LogP contribution in [-0.2, 0) is 13.1 Å². The molecular formula is C14H22N4O6. The average Bonchev–Trinajstić information content (AvgIpc) is 2.60. The Morgan fingerprint density at radius 3 is 1.50 bits per heavy atom. The second-order valence-electron chi connectivity index (χ2n) is 4.78. The van der Waals surface area contributed by atoms with E-state index in [0.29, 0.717) is 0 Å². The van der Waals surface area contributed by atoms with Crippen LogP contribution in [0.15, 0.2) is 24.3 Å². The Hall–Kier alpha value is -2.40. The van der Waals surface area contributed by atoms with E-state index in [0.717, 1.165) is 20.9 Å². The summed E-state index contributed by atoms with van der Waals surface area (Å²) in [7, 11) is 0. The fourth-order valence-electron chi connectivity index (χ4n) is 1.77. The normalized spacial score (nSPS) is 10.2. The molecule has 0 aromatic heterocycles. The highest BCUT2D eigenvalue weighted by Crippen LogP contribution is 2.05. The van der Waals surface area contributed by atoms with Crippen molar-refractivity contribution in [1.82, 2.24) is 20.4 Å². The van der Waals surface area contributed by atoms with E-state index in [-0.39, 0.29) is 13.1 Å². The van der Waals surface area contributed by atoms with Gasteiger partial charge in [-0.1, -0.05) is 24.3 Å². The number of benzene rings is 1. The zero-order valence-electron chi connectivity index (χ0n) is 13.1. The molecule has 10 nitrogen and oxygen atoms in total. The first-order valence-electron chi connectivity index (χ1n) is 7.12. The van der Waals surface area contributed by atoms with Crippen molar-refractivity contribution in [2.24, 2.45) is 0 Å². The first-order valence-corrected chi connectivity index (χ1v) is 7.12. The number of aliphatic hydroxyl groups excluding tert-OH is 4. The molecule has 0 heterocycles. The molecule has 4 amide bonds. The molecule has 0 unspecified atom stereocenters. The topological polar surface area (TPSA) is 146 Å². The van der Waals surface area contributed by atoms with Crippen LogP contribution in [0.4, 0.5) is 9.59 Å². The predicted octanol–water partition coefficient (Wildman–Crippen LogP) is -1.49. The van der Waals surface area contributed by atoms with Gasteiger partial charge >= 0.3 is 12.1 Å². The number of carbonyl (C=O) groups excluding carboxylic acids is 2. The summed E-state index contributed by atoms with van der Waals surface area (Å²) >= 11 is 0. The molecule has 1 aromatic rings. The molecule has 0 fully saturated rings. The van der Waals surface area contributed by atoms with Gasteiger partial charge in [-0.15, -0.1) is 0 Å². The van der Waals surface area contributed by atoms with Gasteiger partial charge in [0.05, 0.1) is 0 Å². The van der Waals surface area contributed by atoms with E-state index < -0.39 is 39.0 Å². The first-order chi connectivity index (χ1) is 11.5. The number of urea groups is 2. The third-order valence-electron chi connectivity index (χ3n) is 3.14. The summed E-state index contributed by atoms with van der Waals surface area (Å²) in [5.41, 5.74) is 1.51. The number of carbonyl (C=O) groups is 2. The Balaban J connectivity index is 2.55. The number of rotatable bonds is 8. The minimum Gasteiger partial charge on any atom is -0.376 e. The lowest BCUT2D eigenvalue weighted by molar-refractivity contribution is 0.0559. The largest absolute Gasteiger partial charge is 0.376 e. The minimum absolute atomic E-state index is 0.177. The third-order valence-corrected chi connectivity index (χ3v) is 3.14. The smallest absolute Gasteiger partial charge is 0.321 e. The van der Waals surface area contributed by atoms with E-state index in [4.69, 9.17) is 20.4 Å². The molecule has 0 saturated heterocycles. The van der Waals surface area contributed by atoms with Crippen molar-refractivity contribution in [3.63, 3.8) is 0 Å². The molecule has 0 spiro atoms. The van der Waals surface area contributed by atoms with Crippen LogP contribution in [0.5, 0.6) is 0 Å². The van der Waals surface area contributed by atoms with Crippen molar-refractivity contribution >= 4 is 12.1 Å². The molecule has 1 rings (SSSR count). The van der Waals surface area contributed by atoms with Crippen LogP contribution in [0.3, 0.4) is 0 Å². The molecule has 0 aliphatic carbocycles. The van der Waals surface area contributed by atoms with E-state index in [2.05, 4.69) is 10.6 Å². The molecule has 0 aliphatic heterocycles. The van der Waals surface area contributed by atoms with Crippen LogP contribution in [0.1, 0.15) is 11.1 Å². The molecule has 24 heavy (non-hydrogen) atoms. The van der Waals surface area contributed by atoms with E-state index >= 15 is 0 Å². The Bertz CT molecular complexity index is 491. The lowest BCUT2D eigenvalue weighted by Gasteiger charge is -2.18. The number of amides is 4. The molecule has 0 saturated carbocycles. The maximum absolute atomic E-state index is 11.6. The van der Waals surface area contributed by atoms with Gasteiger partial charge in [0.1, 0.15) is 26.9 Å². The predicted molar refractivity (Wildman–Crippen MR) is 82.9 cm³/mol. The van der Waals surface area contributed by atoms with Gasteiger partial charge in [0.15, 0.2) is 0 Å². The summed E-state index contributed by atoms with van der Waals surface area (Å²) in [6.45, 7) is -2.03. The quantitative estimate of drug-likeness (QED) is 0.317. The van der Waals surface area contributed by atoms with Gasteiger partial charge in [-0.05, 0) is 11.1 Å². The fraction of sp³-hybridized carbons (Fsp3) is 0.429. The summed E-state index contributed by atoms with van der Waals surface area (Å²) in [5.74, 6) is 0. The van der Waals surface area contributed by atoms with Crippen LogP contribution >= 0.6 is 0 Å². The number of nitrogens with zero attached hydrogens (tertiary/aromatic N) is 2. The van der Waals surface area contributed by atoms with E-state index in [1.54, 1.807) is 24.3 Å². The highest BCUT2D eigenvalue weighted by atomic mass is 16.3.